The molecular formula is C36H47BrO4. The molecule has 3 aromatic rings. The summed E-state index contributed by atoms with van der Waals surface area (Å²) in [4.78, 5) is 12.6. The summed E-state index contributed by atoms with van der Waals surface area (Å²) in [6, 6.07) is 22.8. The van der Waals surface area contributed by atoms with Crippen LogP contribution in [-0.2, 0) is 0 Å². The lowest BCUT2D eigenvalue weighted by Gasteiger charge is -2.11. The zero-order chi connectivity index (χ0) is 29.1. The topological polar surface area (TPSA) is 44.8 Å². The first-order valence-corrected chi connectivity index (χ1v) is 16.6. The van der Waals surface area contributed by atoms with Gasteiger partial charge in [0.1, 0.15) is 17.2 Å². The standard InChI is InChI=1S/C36H47BrO4/c1-3-29(2)28-40-34-22-24-35(25-23-34)41-36(38)32-16-14-30(15-17-32)31-18-20-33(21-19-31)39-27-13-11-9-7-5-4-6-8-10-12-26-37/h14-25,29H,3-13,26-28H2,1-2H3. The molecule has 0 aliphatic carbocycles. The maximum Gasteiger partial charge on any atom is 0.343 e. The van der Waals surface area contributed by atoms with E-state index in [1.54, 1.807) is 24.3 Å². The quantitative estimate of drug-likeness (QED) is 0.0544. The molecule has 0 N–H and O–H groups in total. The molecule has 41 heavy (non-hydrogen) atoms. The Hall–Kier alpha value is -2.79. The minimum Gasteiger partial charge on any atom is -0.494 e. The lowest BCUT2D eigenvalue weighted by Crippen LogP contribution is -2.09. The van der Waals surface area contributed by atoms with Crippen LogP contribution in [0.1, 0.15) is 94.8 Å². The fourth-order valence-corrected chi connectivity index (χ4v) is 4.87. The SMILES string of the molecule is CCC(C)COc1ccc(OC(=O)c2ccc(-c3ccc(OCCCCCCCCCCCCBr)cc3)cc2)cc1. The number of esters is 1. The van der Waals surface area contributed by atoms with Crippen molar-refractivity contribution in [2.75, 3.05) is 18.5 Å². The predicted octanol–water partition coefficient (Wildman–Crippen LogP) is 10.7. The monoisotopic (exact) mass is 622 g/mol. The van der Waals surface area contributed by atoms with Gasteiger partial charge in [0.05, 0.1) is 18.8 Å². The molecule has 0 spiro atoms. The second-order valence-electron chi connectivity index (χ2n) is 10.9. The van der Waals surface area contributed by atoms with E-state index >= 15 is 0 Å². The third kappa shape index (κ3) is 12.7. The van der Waals surface area contributed by atoms with E-state index in [2.05, 4.69) is 41.9 Å². The summed E-state index contributed by atoms with van der Waals surface area (Å²) in [7, 11) is 0. The van der Waals surface area contributed by atoms with Gasteiger partial charge in [-0.15, -0.1) is 0 Å². The van der Waals surface area contributed by atoms with Gasteiger partial charge in [-0.05, 0) is 78.4 Å². The van der Waals surface area contributed by atoms with E-state index in [0.717, 1.165) is 47.4 Å². The van der Waals surface area contributed by atoms with Crippen LogP contribution in [0.5, 0.6) is 17.2 Å². The fourth-order valence-electron chi connectivity index (χ4n) is 4.47. The lowest BCUT2D eigenvalue weighted by atomic mass is 10.0. The average molecular weight is 624 g/mol. The number of alkyl halides is 1. The van der Waals surface area contributed by atoms with E-state index in [1.807, 2.05) is 36.4 Å². The highest BCUT2D eigenvalue weighted by molar-refractivity contribution is 9.09. The van der Waals surface area contributed by atoms with Crippen molar-refractivity contribution >= 4 is 21.9 Å². The van der Waals surface area contributed by atoms with Crippen molar-refractivity contribution in [1.82, 2.24) is 0 Å². The van der Waals surface area contributed by atoms with Crippen LogP contribution in [0.4, 0.5) is 0 Å². The minimum absolute atomic E-state index is 0.380. The normalized spacial score (nSPS) is 11.7. The van der Waals surface area contributed by atoms with Crippen LogP contribution < -0.4 is 14.2 Å². The van der Waals surface area contributed by atoms with E-state index in [4.69, 9.17) is 14.2 Å². The summed E-state index contributed by atoms with van der Waals surface area (Å²) in [5, 5.41) is 1.14. The van der Waals surface area contributed by atoms with Crippen LogP contribution in [-0.4, -0.2) is 24.5 Å². The first kappa shape index (κ1) is 32.7. The number of unbranched alkanes of at least 4 members (excludes halogenated alkanes) is 9. The van der Waals surface area contributed by atoms with Crippen LogP contribution in [0.25, 0.3) is 11.1 Å². The summed E-state index contributed by atoms with van der Waals surface area (Å²) < 4.78 is 17.3. The number of carbonyl (C=O) groups excluding carboxylic acids is 1. The van der Waals surface area contributed by atoms with Crippen LogP contribution in [0, 0.1) is 5.92 Å². The average Bonchev–Trinajstić information content (AvgIpc) is 3.01. The first-order valence-electron chi connectivity index (χ1n) is 15.4. The van der Waals surface area contributed by atoms with Crippen molar-refractivity contribution in [3.05, 3.63) is 78.4 Å². The highest BCUT2D eigenvalue weighted by atomic mass is 79.9. The second kappa shape index (κ2) is 19.4. The number of carbonyl (C=O) groups is 1. The summed E-state index contributed by atoms with van der Waals surface area (Å²) in [5.74, 6) is 2.30. The zero-order valence-corrected chi connectivity index (χ0v) is 26.5. The van der Waals surface area contributed by atoms with E-state index in [9.17, 15) is 4.79 Å². The van der Waals surface area contributed by atoms with Crippen LogP contribution in [0.3, 0.4) is 0 Å². The van der Waals surface area contributed by atoms with Crippen molar-refractivity contribution < 1.29 is 19.0 Å². The Labute approximate surface area is 255 Å². The first-order chi connectivity index (χ1) is 20.1. The van der Waals surface area contributed by atoms with Crippen molar-refractivity contribution in [2.45, 2.75) is 84.5 Å². The van der Waals surface area contributed by atoms with Gasteiger partial charge < -0.3 is 14.2 Å². The van der Waals surface area contributed by atoms with Crippen LogP contribution in [0.15, 0.2) is 72.8 Å². The molecular weight excluding hydrogens is 576 g/mol. The fraction of sp³-hybridized carbons (Fsp3) is 0.472. The summed E-state index contributed by atoms with van der Waals surface area (Å²) in [5.41, 5.74) is 2.63. The molecule has 0 heterocycles. The van der Waals surface area contributed by atoms with Crippen molar-refractivity contribution in [2.24, 2.45) is 5.92 Å². The zero-order valence-electron chi connectivity index (χ0n) is 24.9. The number of rotatable bonds is 20. The van der Waals surface area contributed by atoms with Crippen molar-refractivity contribution in [3.8, 4) is 28.4 Å². The number of hydrogen-bond donors (Lipinski definition) is 0. The van der Waals surface area contributed by atoms with Gasteiger partial charge in [-0.1, -0.05) is 112 Å². The molecule has 0 saturated carbocycles. The molecule has 4 nitrogen and oxygen atoms in total. The summed E-state index contributed by atoms with van der Waals surface area (Å²) >= 11 is 3.50. The van der Waals surface area contributed by atoms with Gasteiger partial charge in [0, 0.05) is 5.33 Å². The maximum atomic E-state index is 12.6. The van der Waals surface area contributed by atoms with Crippen LogP contribution in [0.2, 0.25) is 0 Å². The molecule has 0 aliphatic rings. The van der Waals surface area contributed by atoms with E-state index in [1.165, 1.54) is 57.8 Å². The summed E-state index contributed by atoms with van der Waals surface area (Å²) in [6.07, 6.45) is 14.2. The van der Waals surface area contributed by atoms with Gasteiger partial charge in [-0.25, -0.2) is 4.79 Å². The van der Waals surface area contributed by atoms with Gasteiger partial charge in [-0.2, -0.15) is 0 Å². The molecule has 0 radical (unpaired) electrons. The Morgan fingerprint density at radius 3 is 1.66 bits per heavy atom. The third-order valence-electron chi connectivity index (χ3n) is 7.37. The second-order valence-corrected chi connectivity index (χ2v) is 11.7. The Morgan fingerprint density at radius 1 is 0.634 bits per heavy atom. The van der Waals surface area contributed by atoms with Crippen molar-refractivity contribution in [1.29, 1.82) is 0 Å². The number of benzene rings is 3. The molecule has 0 aliphatic heterocycles. The lowest BCUT2D eigenvalue weighted by molar-refractivity contribution is 0.0734. The summed E-state index contributed by atoms with van der Waals surface area (Å²) in [6.45, 7) is 5.74. The molecule has 222 valence electrons. The van der Waals surface area contributed by atoms with Gasteiger partial charge in [0.2, 0.25) is 0 Å². The molecule has 0 saturated heterocycles. The van der Waals surface area contributed by atoms with E-state index < -0.39 is 0 Å². The number of hydrogen-bond acceptors (Lipinski definition) is 4. The van der Waals surface area contributed by atoms with Gasteiger partial charge in [0.15, 0.2) is 0 Å². The minimum atomic E-state index is -0.380. The third-order valence-corrected chi connectivity index (χ3v) is 7.93. The Balaban J connectivity index is 1.34. The van der Waals surface area contributed by atoms with E-state index in [-0.39, 0.29) is 5.97 Å². The Kier molecular flexibility index (Phi) is 15.4. The van der Waals surface area contributed by atoms with Gasteiger partial charge >= 0.3 is 5.97 Å². The van der Waals surface area contributed by atoms with Crippen LogP contribution >= 0.6 is 15.9 Å². The molecule has 0 fully saturated rings. The maximum absolute atomic E-state index is 12.6. The predicted molar refractivity (Wildman–Crippen MR) is 174 cm³/mol. The highest BCUT2D eigenvalue weighted by Gasteiger charge is 2.10. The molecule has 0 amide bonds. The van der Waals surface area contributed by atoms with Gasteiger partial charge in [0.25, 0.3) is 0 Å². The molecule has 5 heteroatoms. The molecule has 3 aromatic carbocycles. The smallest absolute Gasteiger partial charge is 0.343 e. The molecule has 0 bridgehead atoms. The molecule has 0 aromatic heterocycles. The molecule has 1 unspecified atom stereocenters. The van der Waals surface area contributed by atoms with Crippen molar-refractivity contribution in [3.63, 3.8) is 0 Å². The molecule has 3 rings (SSSR count). The number of ether oxygens (including phenoxy) is 3. The van der Waals surface area contributed by atoms with Gasteiger partial charge in [-0.3, -0.25) is 0 Å². The largest absolute Gasteiger partial charge is 0.494 e. The highest BCUT2D eigenvalue weighted by Crippen LogP contribution is 2.24. The number of halogens is 1. The Morgan fingerprint density at radius 2 is 1.10 bits per heavy atom. The Bertz CT molecular complexity index is 1110. The van der Waals surface area contributed by atoms with E-state index in [0.29, 0.717) is 23.8 Å². The molecule has 1 atom stereocenters.